The molecule has 0 bridgehead atoms. The number of hydrogen-bond donors (Lipinski definition) is 1. The summed E-state index contributed by atoms with van der Waals surface area (Å²) in [5.74, 6) is 0.0896. The number of methoxy groups -OCH3 is 1. The number of carbonyl (C=O) groups excluding carboxylic acids is 1. The predicted octanol–water partition coefficient (Wildman–Crippen LogP) is 2.81. The third-order valence-corrected chi connectivity index (χ3v) is 5.11. The second kappa shape index (κ2) is 8.63. The molecule has 0 fully saturated rings. The van der Waals surface area contributed by atoms with E-state index in [-0.39, 0.29) is 22.6 Å². The lowest BCUT2D eigenvalue weighted by Crippen LogP contribution is -2.22. The highest BCUT2D eigenvalue weighted by Gasteiger charge is 2.17. The third kappa shape index (κ3) is 4.15. The molecular formula is C21H18N4O3S. The minimum Gasteiger partial charge on any atom is -0.497 e. The van der Waals surface area contributed by atoms with Crippen LogP contribution in [0, 0.1) is 11.3 Å². The van der Waals surface area contributed by atoms with Crippen molar-refractivity contribution >= 4 is 28.4 Å². The van der Waals surface area contributed by atoms with Crippen molar-refractivity contribution in [1.82, 2.24) is 9.55 Å². The number of para-hydroxylation sites is 1. The van der Waals surface area contributed by atoms with Gasteiger partial charge in [-0.25, -0.2) is 4.98 Å². The number of ether oxygens (including phenoxy) is 1. The van der Waals surface area contributed by atoms with Crippen molar-refractivity contribution in [1.29, 1.82) is 5.26 Å². The van der Waals surface area contributed by atoms with Gasteiger partial charge in [0.25, 0.3) is 5.56 Å². The van der Waals surface area contributed by atoms with Gasteiger partial charge in [0.1, 0.15) is 17.4 Å². The monoisotopic (exact) mass is 406 g/mol. The number of aromatic nitrogens is 2. The number of allylic oxidation sites excluding steroid dienone is 2. The molecule has 0 amide bonds. The smallest absolute Gasteiger partial charge is 0.266 e. The van der Waals surface area contributed by atoms with Crippen LogP contribution in [0.25, 0.3) is 16.6 Å². The second-order valence-electron chi connectivity index (χ2n) is 6.14. The third-order valence-electron chi connectivity index (χ3n) is 4.17. The van der Waals surface area contributed by atoms with Crippen molar-refractivity contribution in [3.8, 4) is 17.5 Å². The van der Waals surface area contributed by atoms with Gasteiger partial charge in [-0.1, -0.05) is 30.0 Å². The van der Waals surface area contributed by atoms with Gasteiger partial charge in [0.2, 0.25) is 0 Å². The van der Waals surface area contributed by atoms with Crippen LogP contribution < -0.4 is 16.0 Å². The van der Waals surface area contributed by atoms with Gasteiger partial charge in [-0.3, -0.25) is 14.2 Å². The molecule has 7 nitrogen and oxygen atoms in total. The topological polar surface area (TPSA) is 111 Å². The fraction of sp³-hybridized carbons (Fsp3) is 0.143. The average Bonchev–Trinajstić information content (AvgIpc) is 2.72. The summed E-state index contributed by atoms with van der Waals surface area (Å²) in [6, 6.07) is 15.8. The summed E-state index contributed by atoms with van der Waals surface area (Å²) in [4.78, 5) is 30.1. The first kappa shape index (κ1) is 20.2. The van der Waals surface area contributed by atoms with E-state index in [0.717, 1.165) is 11.8 Å². The quantitative estimate of drug-likeness (QED) is 0.290. The molecule has 1 heterocycles. The van der Waals surface area contributed by atoms with E-state index >= 15 is 0 Å². The van der Waals surface area contributed by atoms with Crippen molar-refractivity contribution in [2.75, 3.05) is 12.9 Å². The van der Waals surface area contributed by atoms with Crippen molar-refractivity contribution in [2.24, 2.45) is 5.73 Å². The molecule has 3 aromatic rings. The fourth-order valence-electron chi connectivity index (χ4n) is 2.76. The summed E-state index contributed by atoms with van der Waals surface area (Å²) in [6.45, 7) is 1.50. The predicted molar refractivity (Wildman–Crippen MR) is 112 cm³/mol. The number of nitrogens with zero attached hydrogens (tertiary/aromatic N) is 3. The summed E-state index contributed by atoms with van der Waals surface area (Å²) in [5.41, 5.74) is 6.51. The Labute approximate surface area is 171 Å². The largest absolute Gasteiger partial charge is 0.497 e. The van der Waals surface area contributed by atoms with Gasteiger partial charge in [-0.2, -0.15) is 5.26 Å². The summed E-state index contributed by atoms with van der Waals surface area (Å²) >= 11 is 1.07. The zero-order valence-corrected chi connectivity index (χ0v) is 16.7. The summed E-state index contributed by atoms with van der Waals surface area (Å²) < 4.78 is 6.70. The van der Waals surface area contributed by atoms with E-state index in [1.807, 2.05) is 6.07 Å². The number of thioether (sulfide) groups is 1. The Morgan fingerprint density at radius 1 is 1.28 bits per heavy atom. The average molecular weight is 406 g/mol. The molecule has 2 aromatic carbocycles. The Kier molecular flexibility index (Phi) is 6.00. The van der Waals surface area contributed by atoms with E-state index < -0.39 is 5.78 Å². The van der Waals surface area contributed by atoms with Crippen molar-refractivity contribution in [3.63, 3.8) is 0 Å². The molecule has 0 saturated carbocycles. The lowest BCUT2D eigenvalue weighted by molar-refractivity contribution is -0.112. The first-order chi connectivity index (χ1) is 14.0. The van der Waals surface area contributed by atoms with Gasteiger partial charge >= 0.3 is 0 Å². The molecule has 0 atom stereocenters. The highest BCUT2D eigenvalue weighted by Crippen LogP contribution is 2.24. The van der Waals surface area contributed by atoms with Crippen molar-refractivity contribution in [2.45, 2.75) is 12.1 Å². The zero-order valence-electron chi connectivity index (χ0n) is 15.9. The molecule has 0 aliphatic carbocycles. The molecule has 0 aliphatic heterocycles. The van der Waals surface area contributed by atoms with Crippen molar-refractivity contribution in [3.05, 3.63) is 70.2 Å². The molecule has 0 spiro atoms. The molecule has 8 heteroatoms. The minimum atomic E-state index is -0.419. The molecule has 2 N–H and O–H groups in total. The van der Waals surface area contributed by atoms with Crippen molar-refractivity contribution < 1.29 is 9.53 Å². The van der Waals surface area contributed by atoms with E-state index in [4.69, 9.17) is 15.7 Å². The maximum absolute atomic E-state index is 13.2. The molecule has 0 radical (unpaired) electrons. The van der Waals surface area contributed by atoms with E-state index in [9.17, 15) is 9.59 Å². The number of carbonyl (C=O) groups is 1. The zero-order chi connectivity index (χ0) is 21.0. The Hall–Kier alpha value is -3.57. The Morgan fingerprint density at radius 2 is 2.03 bits per heavy atom. The normalized spacial score (nSPS) is 11.6. The van der Waals surface area contributed by atoms with Crippen LogP contribution in [0.3, 0.4) is 0 Å². The summed E-state index contributed by atoms with van der Waals surface area (Å²) in [6.07, 6.45) is 0. The van der Waals surface area contributed by atoms with E-state index in [2.05, 4.69) is 4.98 Å². The lowest BCUT2D eigenvalue weighted by atomic mass is 10.2. The Morgan fingerprint density at radius 3 is 2.72 bits per heavy atom. The van der Waals surface area contributed by atoms with Gasteiger partial charge in [0.05, 0.1) is 29.5 Å². The minimum absolute atomic E-state index is 0.0772. The number of nitrogens with two attached hydrogens (primary N) is 1. The molecule has 0 aliphatic rings. The van der Waals surface area contributed by atoms with Crippen LogP contribution in [0.1, 0.15) is 6.92 Å². The van der Waals surface area contributed by atoms with Crippen LogP contribution >= 0.6 is 11.8 Å². The van der Waals surface area contributed by atoms with Gasteiger partial charge in [0.15, 0.2) is 10.9 Å². The van der Waals surface area contributed by atoms with Gasteiger partial charge in [-0.05, 0) is 31.2 Å². The Bertz CT molecular complexity index is 1220. The number of fused-ring (bicyclic) bond motifs is 1. The second-order valence-corrected chi connectivity index (χ2v) is 7.08. The first-order valence-electron chi connectivity index (χ1n) is 8.65. The van der Waals surface area contributed by atoms with Crippen LogP contribution in [-0.2, 0) is 4.79 Å². The maximum atomic E-state index is 13.2. The van der Waals surface area contributed by atoms with E-state index in [0.29, 0.717) is 27.5 Å². The lowest BCUT2D eigenvalue weighted by Gasteiger charge is -2.14. The number of hydrogen-bond acceptors (Lipinski definition) is 7. The highest BCUT2D eigenvalue weighted by molar-refractivity contribution is 7.99. The summed E-state index contributed by atoms with van der Waals surface area (Å²) in [7, 11) is 1.54. The number of Topliss-reactive ketones (excluding diaryl/α,β-unsaturated/α-hetero) is 1. The van der Waals surface area contributed by atoms with E-state index in [1.54, 1.807) is 55.6 Å². The molecular weight excluding hydrogens is 388 g/mol. The SMILES string of the molecule is COc1cccc(-n2c(SCC(=O)/C(C#N)=C(\C)N)nc3ccccc3c2=O)c1. The van der Waals surface area contributed by atoms with Crippen LogP contribution in [0.5, 0.6) is 5.75 Å². The Balaban J connectivity index is 2.13. The standard InChI is InChI=1S/C21H18N4O3S/c1-13(23)17(11-22)19(26)12-29-21-24-18-9-4-3-8-16(18)20(27)25(21)14-6-5-7-15(10-14)28-2/h3-10H,12,23H2,1-2H3/b17-13+. The molecule has 1 aromatic heterocycles. The molecule has 146 valence electrons. The first-order valence-corrected chi connectivity index (χ1v) is 9.63. The summed E-state index contributed by atoms with van der Waals surface area (Å²) in [5, 5.41) is 9.93. The number of ketones is 1. The van der Waals surface area contributed by atoms with Crippen LogP contribution in [0.4, 0.5) is 0 Å². The number of rotatable bonds is 6. The molecule has 3 rings (SSSR count). The van der Waals surface area contributed by atoms with Crippen LogP contribution in [0.2, 0.25) is 0 Å². The number of nitriles is 1. The van der Waals surface area contributed by atoms with E-state index in [1.165, 1.54) is 11.5 Å². The van der Waals surface area contributed by atoms with Gasteiger partial charge in [0, 0.05) is 11.8 Å². The molecule has 29 heavy (non-hydrogen) atoms. The maximum Gasteiger partial charge on any atom is 0.266 e. The number of benzene rings is 2. The molecule has 0 unspecified atom stereocenters. The fourth-order valence-corrected chi connectivity index (χ4v) is 3.64. The van der Waals surface area contributed by atoms with Crippen LogP contribution in [0.15, 0.2) is 69.8 Å². The van der Waals surface area contributed by atoms with Crippen LogP contribution in [-0.4, -0.2) is 28.2 Å². The van der Waals surface area contributed by atoms with Gasteiger partial charge < -0.3 is 10.5 Å². The van der Waals surface area contributed by atoms with Gasteiger partial charge in [-0.15, -0.1) is 0 Å². The highest BCUT2D eigenvalue weighted by atomic mass is 32.2. The molecule has 0 saturated heterocycles.